The highest BCUT2D eigenvalue weighted by Crippen LogP contribution is 2.36. The molecule has 4 rings (SSSR count). The number of carbonyl (C=O) groups is 1. The van der Waals surface area contributed by atoms with Crippen LogP contribution in [0.1, 0.15) is 5.56 Å². The molecule has 1 amide bonds. The van der Waals surface area contributed by atoms with Gasteiger partial charge in [-0.1, -0.05) is 18.2 Å². The number of rotatable bonds is 5. The lowest BCUT2D eigenvalue weighted by Gasteiger charge is -2.49. The van der Waals surface area contributed by atoms with E-state index in [1.54, 1.807) is 7.11 Å². The Kier molecular flexibility index (Phi) is 5.48. The van der Waals surface area contributed by atoms with Gasteiger partial charge in [-0.15, -0.1) is 0 Å². The summed E-state index contributed by atoms with van der Waals surface area (Å²) in [5.74, 6) is -0.290. The number of benzene rings is 2. The number of carbonyl (C=O) groups excluding carboxylic acids is 1. The molecule has 2 aromatic rings. The smallest absolute Gasteiger partial charge is 0.225 e. The van der Waals surface area contributed by atoms with Crippen LogP contribution in [-0.2, 0) is 16.0 Å². The van der Waals surface area contributed by atoms with E-state index in [2.05, 4.69) is 33.3 Å². The number of hydrogen-bond acceptors (Lipinski definition) is 4. The number of nitrogens with zero attached hydrogens (tertiary/aromatic N) is 2. The number of hydrogen-bond donors (Lipinski definition) is 1. The van der Waals surface area contributed by atoms with E-state index >= 15 is 0 Å². The molecule has 1 N–H and O–H groups in total. The third kappa shape index (κ3) is 3.69. The zero-order chi connectivity index (χ0) is 19.5. The summed E-state index contributed by atoms with van der Waals surface area (Å²) in [6.45, 7) is 3.44. The largest absolute Gasteiger partial charge is 0.383 e. The third-order valence-corrected chi connectivity index (χ3v) is 5.76. The molecule has 2 heterocycles. The number of anilines is 2. The van der Waals surface area contributed by atoms with Gasteiger partial charge in [-0.3, -0.25) is 4.79 Å². The van der Waals surface area contributed by atoms with Crippen LogP contribution in [0.25, 0.3) is 0 Å². The molecule has 2 aliphatic heterocycles. The molecular formula is C22H26FN3O2. The second-order valence-electron chi connectivity index (χ2n) is 7.41. The van der Waals surface area contributed by atoms with Crippen molar-refractivity contribution in [3.05, 3.63) is 59.9 Å². The molecular weight excluding hydrogens is 357 g/mol. The van der Waals surface area contributed by atoms with Crippen molar-refractivity contribution in [3.8, 4) is 0 Å². The highest BCUT2D eigenvalue weighted by molar-refractivity contribution is 5.82. The van der Waals surface area contributed by atoms with E-state index in [4.69, 9.17) is 4.74 Å². The predicted octanol–water partition coefficient (Wildman–Crippen LogP) is 2.46. The Morgan fingerprint density at radius 2 is 1.96 bits per heavy atom. The first-order valence-electron chi connectivity index (χ1n) is 9.79. The zero-order valence-electron chi connectivity index (χ0n) is 16.1. The van der Waals surface area contributed by atoms with Crippen LogP contribution in [0.15, 0.2) is 48.5 Å². The second kappa shape index (κ2) is 8.19. The summed E-state index contributed by atoms with van der Waals surface area (Å²) in [7, 11) is 1.63. The number of amides is 1. The number of methoxy groups -OCH3 is 1. The number of halogens is 1. The minimum absolute atomic E-state index is 0.0718. The highest BCUT2D eigenvalue weighted by Gasteiger charge is 2.41. The van der Waals surface area contributed by atoms with Crippen molar-refractivity contribution in [2.45, 2.75) is 12.5 Å². The van der Waals surface area contributed by atoms with Crippen LogP contribution in [0.3, 0.4) is 0 Å². The van der Waals surface area contributed by atoms with Gasteiger partial charge in [0, 0.05) is 44.7 Å². The lowest BCUT2D eigenvalue weighted by Crippen LogP contribution is -2.61. The topological polar surface area (TPSA) is 44.8 Å². The fourth-order valence-electron chi connectivity index (χ4n) is 4.35. The van der Waals surface area contributed by atoms with Crippen molar-refractivity contribution in [1.82, 2.24) is 5.32 Å². The summed E-state index contributed by atoms with van der Waals surface area (Å²) in [5, 5.41) is 3.02. The van der Waals surface area contributed by atoms with Crippen molar-refractivity contribution in [3.63, 3.8) is 0 Å². The molecule has 2 atom stereocenters. The quantitative estimate of drug-likeness (QED) is 0.806. The molecule has 148 valence electrons. The minimum Gasteiger partial charge on any atom is -0.383 e. The number of ether oxygens (including phenoxy) is 1. The fourth-order valence-corrected chi connectivity index (χ4v) is 4.35. The first-order valence-corrected chi connectivity index (χ1v) is 9.79. The molecule has 0 radical (unpaired) electrons. The second-order valence-corrected chi connectivity index (χ2v) is 7.41. The van der Waals surface area contributed by atoms with Gasteiger partial charge in [0.25, 0.3) is 0 Å². The van der Waals surface area contributed by atoms with Crippen LogP contribution in [-0.4, -0.2) is 51.8 Å². The maximum Gasteiger partial charge on any atom is 0.225 e. The van der Waals surface area contributed by atoms with E-state index in [0.29, 0.717) is 13.2 Å². The summed E-state index contributed by atoms with van der Waals surface area (Å²) in [6.07, 6.45) is 0.730. The maximum absolute atomic E-state index is 13.3. The molecule has 1 saturated heterocycles. The van der Waals surface area contributed by atoms with Crippen LogP contribution in [0, 0.1) is 11.7 Å². The van der Waals surface area contributed by atoms with Gasteiger partial charge < -0.3 is 19.9 Å². The van der Waals surface area contributed by atoms with Gasteiger partial charge in [0.15, 0.2) is 0 Å². The molecule has 0 spiro atoms. The zero-order valence-corrected chi connectivity index (χ0v) is 16.1. The van der Waals surface area contributed by atoms with Crippen LogP contribution < -0.4 is 15.1 Å². The van der Waals surface area contributed by atoms with Gasteiger partial charge in [-0.2, -0.15) is 0 Å². The first kappa shape index (κ1) is 18.7. The normalized spacial score (nSPS) is 21.1. The van der Waals surface area contributed by atoms with Crippen molar-refractivity contribution >= 4 is 17.3 Å². The summed E-state index contributed by atoms with van der Waals surface area (Å²) >= 11 is 0. The Morgan fingerprint density at radius 1 is 1.18 bits per heavy atom. The highest BCUT2D eigenvalue weighted by atomic mass is 19.1. The molecule has 28 heavy (non-hydrogen) atoms. The molecule has 1 fully saturated rings. The Balaban J connectivity index is 1.59. The number of piperazine rings is 1. The van der Waals surface area contributed by atoms with Crippen LogP contribution in [0.5, 0.6) is 0 Å². The molecule has 0 bridgehead atoms. The van der Waals surface area contributed by atoms with E-state index in [9.17, 15) is 9.18 Å². The Bertz CT molecular complexity index is 827. The van der Waals surface area contributed by atoms with Gasteiger partial charge in [0.05, 0.1) is 18.6 Å². The van der Waals surface area contributed by atoms with Crippen molar-refractivity contribution in [2.24, 2.45) is 5.92 Å². The van der Waals surface area contributed by atoms with Gasteiger partial charge in [0.2, 0.25) is 5.91 Å². The molecule has 5 nitrogen and oxygen atoms in total. The number of nitrogens with one attached hydrogen (secondary N) is 1. The standard InChI is InChI=1S/C22H26FN3O2/c1-28-13-10-24-22(27)19-14-16-4-2-3-5-20(16)26-12-11-25(15-21(19)26)18-8-6-17(23)7-9-18/h2-9,19,21H,10-15H2,1H3,(H,24,27)/t19-,21+/m0/s1. The van der Waals surface area contributed by atoms with E-state index < -0.39 is 0 Å². The lowest BCUT2D eigenvalue weighted by atomic mass is 9.83. The molecule has 0 aliphatic carbocycles. The molecule has 0 unspecified atom stereocenters. The van der Waals surface area contributed by atoms with E-state index in [1.807, 2.05) is 18.2 Å². The summed E-state index contributed by atoms with van der Waals surface area (Å²) in [4.78, 5) is 17.6. The fraction of sp³-hybridized carbons (Fsp3) is 0.409. The van der Waals surface area contributed by atoms with E-state index in [-0.39, 0.29) is 23.7 Å². The van der Waals surface area contributed by atoms with Crippen LogP contribution >= 0.6 is 0 Å². The predicted molar refractivity (Wildman–Crippen MR) is 108 cm³/mol. The molecule has 2 aliphatic rings. The van der Waals surface area contributed by atoms with Gasteiger partial charge in [-0.25, -0.2) is 4.39 Å². The monoisotopic (exact) mass is 383 g/mol. The summed E-state index contributed by atoms with van der Waals surface area (Å²) in [6, 6.07) is 15.1. The van der Waals surface area contributed by atoms with Crippen LogP contribution in [0.2, 0.25) is 0 Å². The molecule has 0 aromatic heterocycles. The minimum atomic E-state index is -0.232. The van der Waals surface area contributed by atoms with Crippen LogP contribution in [0.4, 0.5) is 15.8 Å². The van der Waals surface area contributed by atoms with E-state index in [0.717, 1.165) is 31.7 Å². The Hall–Kier alpha value is -2.60. The molecule has 2 aromatic carbocycles. The SMILES string of the molecule is COCCNC(=O)[C@H]1Cc2ccccc2N2CCN(c3ccc(F)cc3)C[C@H]12. The number of fused-ring (bicyclic) bond motifs is 3. The first-order chi connectivity index (χ1) is 13.7. The van der Waals surface area contributed by atoms with Crippen molar-refractivity contribution < 1.29 is 13.9 Å². The van der Waals surface area contributed by atoms with Gasteiger partial charge in [-0.05, 0) is 42.3 Å². The third-order valence-electron chi connectivity index (χ3n) is 5.76. The van der Waals surface area contributed by atoms with E-state index in [1.165, 1.54) is 23.4 Å². The van der Waals surface area contributed by atoms with Crippen molar-refractivity contribution in [2.75, 3.05) is 49.7 Å². The Morgan fingerprint density at radius 3 is 2.75 bits per heavy atom. The molecule has 0 saturated carbocycles. The lowest BCUT2D eigenvalue weighted by molar-refractivity contribution is -0.126. The van der Waals surface area contributed by atoms with Gasteiger partial charge in [0.1, 0.15) is 5.82 Å². The summed E-state index contributed by atoms with van der Waals surface area (Å²) in [5.41, 5.74) is 3.45. The molecule has 6 heteroatoms. The number of para-hydroxylation sites is 1. The summed E-state index contributed by atoms with van der Waals surface area (Å²) < 4.78 is 18.4. The Labute approximate surface area is 165 Å². The van der Waals surface area contributed by atoms with Gasteiger partial charge >= 0.3 is 0 Å². The van der Waals surface area contributed by atoms with Crippen molar-refractivity contribution in [1.29, 1.82) is 0 Å². The maximum atomic E-state index is 13.3. The average molecular weight is 383 g/mol. The average Bonchev–Trinajstić information content (AvgIpc) is 2.73.